The lowest BCUT2D eigenvalue weighted by Crippen LogP contribution is -2.29. The summed E-state index contributed by atoms with van der Waals surface area (Å²) in [5, 5.41) is 13.8. The first-order valence-electron chi connectivity index (χ1n) is 7.45. The molecule has 1 aromatic heterocycles. The number of non-ortho nitro benzene ring substituents is 1. The number of benzene rings is 1. The lowest BCUT2D eigenvalue weighted by Gasteiger charge is -2.17. The van der Waals surface area contributed by atoms with Gasteiger partial charge in [-0.15, -0.1) is 0 Å². The molecule has 1 heterocycles. The highest BCUT2D eigenvalue weighted by molar-refractivity contribution is 5.79. The van der Waals surface area contributed by atoms with Gasteiger partial charge in [-0.25, -0.2) is 0 Å². The van der Waals surface area contributed by atoms with E-state index in [2.05, 4.69) is 10.3 Å². The molecule has 0 bridgehead atoms. The Labute approximate surface area is 134 Å². The van der Waals surface area contributed by atoms with Crippen molar-refractivity contribution in [3.05, 3.63) is 69.5 Å². The van der Waals surface area contributed by atoms with E-state index in [1.807, 2.05) is 26.0 Å². The van der Waals surface area contributed by atoms with E-state index in [0.717, 1.165) is 16.8 Å². The van der Waals surface area contributed by atoms with Gasteiger partial charge in [0.25, 0.3) is 5.69 Å². The van der Waals surface area contributed by atoms with E-state index < -0.39 is 4.92 Å². The average Bonchev–Trinajstić information content (AvgIpc) is 2.55. The highest BCUT2D eigenvalue weighted by Gasteiger charge is 2.16. The molecule has 6 nitrogen and oxygen atoms in total. The smallest absolute Gasteiger partial charge is 0.269 e. The van der Waals surface area contributed by atoms with Crippen LogP contribution in [0.1, 0.15) is 36.2 Å². The van der Waals surface area contributed by atoms with Gasteiger partial charge in [0.1, 0.15) is 0 Å². The van der Waals surface area contributed by atoms with Crippen molar-refractivity contribution >= 4 is 11.6 Å². The van der Waals surface area contributed by atoms with Crippen LogP contribution in [-0.4, -0.2) is 15.8 Å². The summed E-state index contributed by atoms with van der Waals surface area (Å²) in [4.78, 5) is 26.8. The molecule has 0 spiro atoms. The van der Waals surface area contributed by atoms with Crippen molar-refractivity contribution in [3.63, 3.8) is 0 Å². The number of pyridine rings is 1. The Morgan fingerprint density at radius 1 is 1.35 bits per heavy atom. The fourth-order valence-corrected chi connectivity index (χ4v) is 2.31. The minimum absolute atomic E-state index is 0.0259. The number of nitrogens with one attached hydrogen (secondary N) is 1. The fraction of sp³-hybridized carbons (Fsp3) is 0.294. The maximum absolute atomic E-state index is 12.2. The van der Waals surface area contributed by atoms with Crippen LogP contribution in [-0.2, 0) is 11.2 Å². The molecule has 0 saturated carbocycles. The zero-order chi connectivity index (χ0) is 16.8. The number of rotatable bonds is 6. The summed E-state index contributed by atoms with van der Waals surface area (Å²) < 4.78 is 0. The molecule has 120 valence electrons. The molecule has 0 radical (unpaired) electrons. The van der Waals surface area contributed by atoms with Crippen molar-refractivity contribution in [1.82, 2.24) is 10.3 Å². The molecule has 23 heavy (non-hydrogen) atoms. The Morgan fingerprint density at radius 2 is 2.13 bits per heavy atom. The van der Waals surface area contributed by atoms with Crippen molar-refractivity contribution in [1.29, 1.82) is 0 Å². The molecule has 1 amide bonds. The third kappa shape index (κ3) is 4.60. The summed E-state index contributed by atoms with van der Waals surface area (Å²) in [6.45, 7) is 3.82. The maximum atomic E-state index is 12.2. The minimum Gasteiger partial charge on any atom is -0.349 e. The van der Waals surface area contributed by atoms with Gasteiger partial charge in [-0.2, -0.15) is 0 Å². The number of hydrogen-bond acceptors (Lipinski definition) is 4. The van der Waals surface area contributed by atoms with E-state index in [1.54, 1.807) is 18.3 Å². The SMILES string of the molecule is CCC(NC(=O)Cc1ccc(C)nc1)c1cccc([N+](=O)[O-])c1. The second-order valence-electron chi connectivity index (χ2n) is 5.37. The minimum atomic E-state index is -0.435. The Balaban J connectivity index is 2.06. The van der Waals surface area contributed by atoms with Gasteiger partial charge < -0.3 is 5.32 Å². The molecule has 6 heteroatoms. The molecule has 1 N–H and O–H groups in total. The van der Waals surface area contributed by atoms with Crippen molar-refractivity contribution in [2.24, 2.45) is 0 Å². The van der Waals surface area contributed by atoms with E-state index in [4.69, 9.17) is 0 Å². The third-order valence-corrected chi connectivity index (χ3v) is 3.56. The maximum Gasteiger partial charge on any atom is 0.269 e. The first-order valence-corrected chi connectivity index (χ1v) is 7.45. The molecule has 0 saturated heterocycles. The summed E-state index contributed by atoms with van der Waals surface area (Å²) in [7, 11) is 0. The molecule has 0 aliphatic carbocycles. The first kappa shape index (κ1) is 16.6. The number of nitro groups is 1. The van der Waals surface area contributed by atoms with E-state index >= 15 is 0 Å². The van der Waals surface area contributed by atoms with E-state index in [1.165, 1.54) is 12.1 Å². The molecule has 0 fully saturated rings. The fourth-order valence-electron chi connectivity index (χ4n) is 2.31. The molecule has 2 aromatic rings. The van der Waals surface area contributed by atoms with Crippen LogP contribution in [0, 0.1) is 17.0 Å². The Kier molecular flexibility index (Phi) is 5.41. The third-order valence-electron chi connectivity index (χ3n) is 3.56. The van der Waals surface area contributed by atoms with Crippen LogP contribution >= 0.6 is 0 Å². The highest BCUT2D eigenvalue weighted by atomic mass is 16.6. The van der Waals surface area contributed by atoms with Crippen molar-refractivity contribution in [2.75, 3.05) is 0 Å². The molecule has 1 aromatic carbocycles. The van der Waals surface area contributed by atoms with Gasteiger partial charge in [0, 0.05) is 24.0 Å². The van der Waals surface area contributed by atoms with Gasteiger partial charge in [-0.05, 0) is 30.5 Å². The number of carbonyl (C=O) groups is 1. The van der Waals surface area contributed by atoms with Gasteiger partial charge in [0.15, 0.2) is 0 Å². The zero-order valence-electron chi connectivity index (χ0n) is 13.2. The number of carbonyl (C=O) groups excluding carboxylic acids is 1. The number of aryl methyl sites for hydroxylation is 1. The second kappa shape index (κ2) is 7.49. The van der Waals surface area contributed by atoms with Crippen LogP contribution in [0.5, 0.6) is 0 Å². The summed E-state index contributed by atoms with van der Waals surface area (Å²) in [6.07, 6.45) is 2.57. The molecular formula is C17H19N3O3. The van der Waals surface area contributed by atoms with Crippen LogP contribution in [0.15, 0.2) is 42.6 Å². The molecule has 2 rings (SSSR count). The van der Waals surface area contributed by atoms with E-state index in [0.29, 0.717) is 6.42 Å². The number of nitrogens with zero attached hydrogens (tertiary/aromatic N) is 2. The van der Waals surface area contributed by atoms with Gasteiger partial charge in [0.05, 0.1) is 17.4 Å². The number of hydrogen-bond donors (Lipinski definition) is 1. The topological polar surface area (TPSA) is 85.1 Å². The lowest BCUT2D eigenvalue weighted by molar-refractivity contribution is -0.384. The van der Waals surface area contributed by atoms with Crippen LogP contribution in [0.4, 0.5) is 5.69 Å². The molecule has 0 aliphatic heterocycles. The van der Waals surface area contributed by atoms with Crippen LogP contribution < -0.4 is 5.32 Å². The number of aromatic nitrogens is 1. The van der Waals surface area contributed by atoms with Crippen molar-refractivity contribution < 1.29 is 9.72 Å². The zero-order valence-corrected chi connectivity index (χ0v) is 13.2. The Bertz CT molecular complexity index is 698. The molecule has 0 aliphatic rings. The Hall–Kier alpha value is -2.76. The average molecular weight is 313 g/mol. The largest absolute Gasteiger partial charge is 0.349 e. The molecular weight excluding hydrogens is 294 g/mol. The summed E-state index contributed by atoms with van der Waals surface area (Å²) in [6, 6.07) is 9.84. The lowest BCUT2D eigenvalue weighted by atomic mass is 10.0. The predicted molar refractivity (Wildman–Crippen MR) is 86.9 cm³/mol. The van der Waals surface area contributed by atoms with E-state index in [9.17, 15) is 14.9 Å². The summed E-state index contributed by atoms with van der Waals surface area (Å²) >= 11 is 0. The summed E-state index contributed by atoms with van der Waals surface area (Å²) in [5.74, 6) is -0.131. The quantitative estimate of drug-likeness (QED) is 0.656. The van der Waals surface area contributed by atoms with E-state index in [-0.39, 0.29) is 24.1 Å². The second-order valence-corrected chi connectivity index (χ2v) is 5.37. The standard InChI is InChI=1S/C17H19N3O3/c1-3-16(14-5-4-6-15(10-14)20(22)23)19-17(21)9-13-8-7-12(2)18-11-13/h4-8,10-11,16H,3,9H2,1-2H3,(H,19,21). The van der Waals surface area contributed by atoms with Crippen molar-refractivity contribution in [2.45, 2.75) is 32.7 Å². The Morgan fingerprint density at radius 3 is 2.74 bits per heavy atom. The monoisotopic (exact) mass is 313 g/mol. The van der Waals surface area contributed by atoms with Crippen molar-refractivity contribution in [3.8, 4) is 0 Å². The van der Waals surface area contributed by atoms with Gasteiger partial charge in [-0.3, -0.25) is 19.9 Å². The predicted octanol–water partition coefficient (Wildman–Crippen LogP) is 3.11. The first-order chi connectivity index (χ1) is 11.0. The number of nitro benzene ring substituents is 1. The normalized spacial score (nSPS) is 11.7. The van der Waals surface area contributed by atoms with Crippen LogP contribution in [0.25, 0.3) is 0 Å². The van der Waals surface area contributed by atoms with Gasteiger partial charge in [0.2, 0.25) is 5.91 Å². The highest BCUT2D eigenvalue weighted by Crippen LogP contribution is 2.21. The molecule has 1 atom stereocenters. The van der Waals surface area contributed by atoms with Crippen LogP contribution in [0.2, 0.25) is 0 Å². The van der Waals surface area contributed by atoms with Crippen LogP contribution in [0.3, 0.4) is 0 Å². The summed E-state index contributed by atoms with van der Waals surface area (Å²) in [5.41, 5.74) is 2.49. The molecule has 1 unspecified atom stereocenters. The number of amides is 1. The van der Waals surface area contributed by atoms with Gasteiger partial charge in [-0.1, -0.05) is 25.1 Å². The van der Waals surface area contributed by atoms with Gasteiger partial charge >= 0.3 is 0 Å².